The molecule has 2 aromatic rings. The van der Waals surface area contributed by atoms with E-state index in [0.29, 0.717) is 11.3 Å². The molecule has 0 radical (unpaired) electrons. The lowest BCUT2D eigenvalue weighted by Gasteiger charge is -2.06. The van der Waals surface area contributed by atoms with E-state index in [2.05, 4.69) is 21.2 Å². The van der Waals surface area contributed by atoms with Gasteiger partial charge in [-0.2, -0.15) is 0 Å². The summed E-state index contributed by atoms with van der Waals surface area (Å²) in [4.78, 5) is 11.9. The highest BCUT2D eigenvalue weighted by Crippen LogP contribution is 2.21. The molecular weight excluding hydrogens is 296 g/mol. The number of phenols is 1. The zero-order chi connectivity index (χ0) is 13.1. The Kier molecular flexibility index (Phi) is 3.53. The molecule has 4 nitrogen and oxygen atoms in total. The summed E-state index contributed by atoms with van der Waals surface area (Å²) in [6.45, 7) is 0. The van der Waals surface area contributed by atoms with Crippen LogP contribution in [0, 0.1) is 0 Å². The number of hydrogen-bond donors (Lipinski definition) is 3. The first-order valence-corrected chi connectivity index (χ1v) is 6.01. The number of nitrogen functional groups attached to an aromatic ring is 1. The van der Waals surface area contributed by atoms with Gasteiger partial charge in [0, 0.05) is 15.7 Å². The summed E-state index contributed by atoms with van der Waals surface area (Å²) in [7, 11) is 0. The van der Waals surface area contributed by atoms with Crippen LogP contribution in [0.2, 0.25) is 0 Å². The number of phenolic OH excluding ortho intramolecular Hbond substituents is 1. The van der Waals surface area contributed by atoms with Crippen LogP contribution < -0.4 is 11.1 Å². The topological polar surface area (TPSA) is 75.4 Å². The third-order valence-electron chi connectivity index (χ3n) is 2.39. The summed E-state index contributed by atoms with van der Waals surface area (Å²) < 4.78 is 0.939. The van der Waals surface area contributed by atoms with Gasteiger partial charge in [0.05, 0.1) is 5.69 Å². The molecule has 0 fully saturated rings. The largest absolute Gasteiger partial charge is 0.506 e. The zero-order valence-electron chi connectivity index (χ0n) is 9.35. The first kappa shape index (κ1) is 12.4. The van der Waals surface area contributed by atoms with Gasteiger partial charge < -0.3 is 16.2 Å². The van der Waals surface area contributed by atoms with Gasteiger partial charge in [-0.15, -0.1) is 0 Å². The highest BCUT2D eigenvalue weighted by Gasteiger charge is 2.08. The van der Waals surface area contributed by atoms with E-state index in [4.69, 9.17) is 5.73 Å². The van der Waals surface area contributed by atoms with E-state index in [0.717, 1.165) is 4.47 Å². The second-order valence-corrected chi connectivity index (χ2v) is 4.65. The molecule has 0 aliphatic rings. The molecule has 5 heteroatoms. The van der Waals surface area contributed by atoms with Crippen LogP contribution >= 0.6 is 15.9 Å². The predicted octanol–water partition coefficient (Wildman–Crippen LogP) is 2.99. The molecule has 0 atom stereocenters. The molecule has 0 saturated heterocycles. The van der Waals surface area contributed by atoms with Gasteiger partial charge in [0.2, 0.25) is 0 Å². The van der Waals surface area contributed by atoms with Crippen molar-refractivity contribution in [1.29, 1.82) is 0 Å². The molecule has 0 aromatic heterocycles. The summed E-state index contributed by atoms with van der Waals surface area (Å²) in [5, 5.41) is 12.0. The fourth-order valence-electron chi connectivity index (χ4n) is 1.43. The number of carbonyl (C=O) groups excluding carboxylic acids is 1. The van der Waals surface area contributed by atoms with Crippen molar-refractivity contribution in [2.24, 2.45) is 0 Å². The zero-order valence-corrected chi connectivity index (χ0v) is 10.9. The smallest absolute Gasteiger partial charge is 0.255 e. The van der Waals surface area contributed by atoms with Crippen molar-refractivity contribution < 1.29 is 9.90 Å². The van der Waals surface area contributed by atoms with E-state index in [1.165, 1.54) is 18.2 Å². The summed E-state index contributed by atoms with van der Waals surface area (Å²) >= 11 is 3.32. The van der Waals surface area contributed by atoms with Crippen LogP contribution in [0.15, 0.2) is 46.9 Å². The maximum atomic E-state index is 11.9. The minimum atomic E-state index is -0.274. The van der Waals surface area contributed by atoms with Gasteiger partial charge in [-0.3, -0.25) is 4.79 Å². The maximum absolute atomic E-state index is 11.9. The number of rotatable bonds is 2. The van der Waals surface area contributed by atoms with E-state index in [9.17, 15) is 9.90 Å². The molecule has 92 valence electrons. The molecule has 0 spiro atoms. The second-order valence-electron chi connectivity index (χ2n) is 3.73. The van der Waals surface area contributed by atoms with Crippen LogP contribution in [0.4, 0.5) is 11.4 Å². The number of aromatic hydroxyl groups is 1. The molecule has 2 aromatic carbocycles. The van der Waals surface area contributed by atoms with Crippen molar-refractivity contribution in [3.8, 4) is 5.75 Å². The monoisotopic (exact) mass is 306 g/mol. The molecule has 0 bridgehead atoms. The van der Waals surface area contributed by atoms with Gasteiger partial charge in [-0.05, 0) is 42.5 Å². The van der Waals surface area contributed by atoms with Gasteiger partial charge in [0.15, 0.2) is 0 Å². The number of nitrogens with two attached hydrogens (primary N) is 1. The minimum Gasteiger partial charge on any atom is -0.506 e. The summed E-state index contributed by atoms with van der Waals surface area (Å²) in [6.07, 6.45) is 0. The first-order chi connectivity index (χ1) is 8.56. The Morgan fingerprint density at radius 3 is 2.44 bits per heavy atom. The van der Waals surface area contributed by atoms with Gasteiger partial charge in [0.25, 0.3) is 5.91 Å². The lowest BCUT2D eigenvalue weighted by Crippen LogP contribution is -2.12. The normalized spacial score (nSPS) is 10.1. The first-order valence-electron chi connectivity index (χ1n) is 5.21. The Hall–Kier alpha value is -2.01. The Balaban J connectivity index is 2.16. The van der Waals surface area contributed by atoms with Crippen molar-refractivity contribution in [3.05, 3.63) is 52.5 Å². The van der Waals surface area contributed by atoms with Crippen LogP contribution in [0.5, 0.6) is 5.75 Å². The van der Waals surface area contributed by atoms with E-state index in [1.54, 1.807) is 12.1 Å². The molecule has 1 amide bonds. The lowest BCUT2D eigenvalue weighted by atomic mass is 10.1. The van der Waals surface area contributed by atoms with Crippen molar-refractivity contribution in [2.75, 3.05) is 11.1 Å². The van der Waals surface area contributed by atoms with Crippen LogP contribution in [0.1, 0.15) is 10.4 Å². The number of hydrogen-bond acceptors (Lipinski definition) is 3. The van der Waals surface area contributed by atoms with Crippen LogP contribution in [0.25, 0.3) is 0 Å². The Morgan fingerprint density at radius 2 is 1.83 bits per heavy atom. The molecule has 0 saturated carbocycles. The number of nitrogens with one attached hydrogen (secondary N) is 1. The molecule has 18 heavy (non-hydrogen) atoms. The summed E-state index contributed by atoms with van der Waals surface area (Å²) in [6, 6.07) is 11.6. The number of benzene rings is 2. The molecule has 0 unspecified atom stereocenters. The average molecular weight is 307 g/mol. The Morgan fingerprint density at radius 1 is 1.17 bits per heavy atom. The number of carbonyl (C=O) groups is 1. The van der Waals surface area contributed by atoms with Gasteiger partial charge >= 0.3 is 0 Å². The number of halogens is 1. The summed E-state index contributed by atoms with van der Waals surface area (Å²) in [5.41, 5.74) is 6.80. The van der Waals surface area contributed by atoms with Gasteiger partial charge in [0.1, 0.15) is 5.75 Å². The molecule has 2 rings (SSSR count). The van der Waals surface area contributed by atoms with Crippen LogP contribution in [-0.2, 0) is 0 Å². The molecule has 0 aliphatic heterocycles. The van der Waals surface area contributed by atoms with Crippen molar-refractivity contribution >= 4 is 33.2 Å². The maximum Gasteiger partial charge on any atom is 0.255 e. The van der Waals surface area contributed by atoms with Gasteiger partial charge in [-0.25, -0.2) is 0 Å². The van der Waals surface area contributed by atoms with Crippen molar-refractivity contribution in [3.63, 3.8) is 0 Å². The molecular formula is C13H11BrN2O2. The van der Waals surface area contributed by atoms with E-state index in [1.807, 2.05) is 12.1 Å². The third kappa shape index (κ3) is 2.81. The SMILES string of the molecule is Nc1cc(C(=O)Nc2ccc(Br)cc2)ccc1O. The number of anilines is 2. The summed E-state index contributed by atoms with van der Waals surface area (Å²) in [5.74, 6) is -0.306. The van der Waals surface area contributed by atoms with Crippen molar-refractivity contribution in [1.82, 2.24) is 0 Å². The standard InChI is InChI=1S/C13H11BrN2O2/c14-9-2-4-10(5-3-9)16-13(18)8-1-6-12(17)11(15)7-8/h1-7,17H,15H2,(H,16,18). The molecule has 4 N–H and O–H groups in total. The van der Waals surface area contributed by atoms with Crippen LogP contribution in [0.3, 0.4) is 0 Å². The van der Waals surface area contributed by atoms with Crippen LogP contribution in [-0.4, -0.2) is 11.0 Å². The quantitative estimate of drug-likeness (QED) is 0.590. The fraction of sp³-hybridized carbons (Fsp3) is 0. The Labute approximate surface area is 113 Å². The number of amides is 1. The lowest BCUT2D eigenvalue weighted by molar-refractivity contribution is 0.102. The fourth-order valence-corrected chi connectivity index (χ4v) is 1.70. The molecule has 0 heterocycles. The molecule has 0 aliphatic carbocycles. The van der Waals surface area contributed by atoms with E-state index < -0.39 is 0 Å². The Bertz CT molecular complexity index is 582. The van der Waals surface area contributed by atoms with E-state index in [-0.39, 0.29) is 17.3 Å². The van der Waals surface area contributed by atoms with E-state index >= 15 is 0 Å². The average Bonchev–Trinajstić information content (AvgIpc) is 2.35. The second kappa shape index (κ2) is 5.10. The third-order valence-corrected chi connectivity index (χ3v) is 2.92. The minimum absolute atomic E-state index is 0.0322. The van der Waals surface area contributed by atoms with Gasteiger partial charge in [-0.1, -0.05) is 15.9 Å². The highest BCUT2D eigenvalue weighted by molar-refractivity contribution is 9.10. The van der Waals surface area contributed by atoms with Crippen molar-refractivity contribution in [2.45, 2.75) is 0 Å². The highest BCUT2D eigenvalue weighted by atomic mass is 79.9. The predicted molar refractivity (Wildman–Crippen MR) is 74.6 cm³/mol.